The van der Waals surface area contributed by atoms with Gasteiger partial charge in [-0.3, -0.25) is 0 Å². The third-order valence-corrected chi connectivity index (χ3v) is 5.50. The molecule has 3 rings (SSSR count). The molecule has 2 fully saturated rings. The molecule has 2 heterocycles. The number of ether oxygens (including phenoxy) is 2. The maximum absolute atomic E-state index is 10.7. The van der Waals surface area contributed by atoms with E-state index in [9.17, 15) is 5.11 Å². The molecule has 0 radical (unpaired) electrons. The molecule has 0 amide bonds. The van der Waals surface area contributed by atoms with Crippen molar-refractivity contribution in [3.8, 4) is 0 Å². The molecule has 0 aromatic carbocycles. The predicted octanol–water partition coefficient (Wildman–Crippen LogP) is 3.02. The molecule has 1 aromatic rings. The van der Waals surface area contributed by atoms with Gasteiger partial charge in [-0.2, -0.15) is 0 Å². The third kappa shape index (κ3) is 2.19. The monoisotopic (exact) mass is 318 g/mol. The highest BCUT2D eigenvalue weighted by Gasteiger charge is 2.46. The van der Waals surface area contributed by atoms with Crippen LogP contribution in [0.25, 0.3) is 0 Å². The second kappa shape index (κ2) is 4.31. The molecule has 1 saturated carbocycles. The van der Waals surface area contributed by atoms with Gasteiger partial charge >= 0.3 is 0 Å². The molecule has 1 aliphatic heterocycles. The van der Waals surface area contributed by atoms with Crippen molar-refractivity contribution in [3.05, 3.63) is 20.8 Å². The van der Waals surface area contributed by atoms with Crippen LogP contribution >= 0.6 is 27.3 Å². The van der Waals surface area contributed by atoms with Crippen molar-refractivity contribution in [2.24, 2.45) is 0 Å². The number of hydrogen-bond acceptors (Lipinski definition) is 4. The van der Waals surface area contributed by atoms with Crippen LogP contribution in [0, 0.1) is 0 Å². The fourth-order valence-electron chi connectivity index (χ4n) is 2.64. The van der Waals surface area contributed by atoms with Crippen molar-refractivity contribution in [1.82, 2.24) is 0 Å². The van der Waals surface area contributed by atoms with E-state index >= 15 is 0 Å². The summed E-state index contributed by atoms with van der Waals surface area (Å²) in [6.45, 7) is 1.37. The molecule has 0 bridgehead atoms. The van der Waals surface area contributed by atoms with Gasteiger partial charge < -0.3 is 14.6 Å². The summed E-state index contributed by atoms with van der Waals surface area (Å²) in [5.74, 6) is -0.402. The Morgan fingerprint density at radius 2 is 1.76 bits per heavy atom. The lowest BCUT2D eigenvalue weighted by atomic mass is 9.80. The largest absolute Gasteiger partial charge is 0.384 e. The van der Waals surface area contributed by atoms with Crippen LogP contribution in [0.2, 0.25) is 0 Å². The highest BCUT2D eigenvalue weighted by Crippen LogP contribution is 2.46. The minimum absolute atomic E-state index is 0.402. The molecule has 17 heavy (non-hydrogen) atoms. The molecule has 0 unspecified atom stereocenters. The Labute approximate surface area is 113 Å². The second-order valence-electron chi connectivity index (χ2n) is 4.74. The highest BCUT2D eigenvalue weighted by atomic mass is 79.9. The number of hydrogen-bond donors (Lipinski definition) is 1. The van der Waals surface area contributed by atoms with Crippen LogP contribution in [0.5, 0.6) is 0 Å². The van der Waals surface area contributed by atoms with Gasteiger partial charge in [-0.05, 0) is 40.9 Å². The van der Waals surface area contributed by atoms with E-state index in [2.05, 4.69) is 15.9 Å². The van der Waals surface area contributed by atoms with Crippen LogP contribution in [-0.4, -0.2) is 24.1 Å². The summed E-state index contributed by atoms with van der Waals surface area (Å²) in [6, 6.07) is 3.99. The van der Waals surface area contributed by atoms with Crippen molar-refractivity contribution in [2.45, 2.75) is 37.1 Å². The Bertz CT molecular complexity index is 402. The summed E-state index contributed by atoms with van der Waals surface area (Å²) < 4.78 is 12.4. The summed E-state index contributed by atoms with van der Waals surface area (Å²) >= 11 is 5.05. The molecule has 1 aromatic heterocycles. The van der Waals surface area contributed by atoms with Crippen molar-refractivity contribution >= 4 is 27.3 Å². The minimum atomic E-state index is -0.697. The first-order valence-electron chi connectivity index (χ1n) is 5.88. The first kappa shape index (κ1) is 12.1. The zero-order valence-corrected chi connectivity index (χ0v) is 11.8. The first-order valence-corrected chi connectivity index (χ1v) is 7.49. The Morgan fingerprint density at radius 3 is 2.29 bits per heavy atom. The van der Waals surface area contributed by atoms with Gasteiger partial charge in [-0.1, -0.05) is 0 Å². The van der Waals surface area contributed by atoms with Crippen molar-refractivity contribution < 1.29 is 14.6 Å². The number of halogens is 1. The zero-order valence-electron chi connectivity index (χ0n) is 9.45. The standard InChI is InChI=1S/C12H15BrO3S/c13-10-2-1-9(17-10)11(14)3-5-12(6-4-11)15-7-8-16-12/h1-2,14H,3-8H2. The maximum atomic E-state index is 10.7. The minimum Gasteiger partial charge on any atom is -0.384 e. The molecule has 3 nitrogen and oxygen atoms in total. The van der Waals surface area contributed by atoms with Gasteiger partial charge in [-0.15, -0.1) is 11.3 Å². The number of rotatable bonds is 1. The van der Waals surface area contributed by atoms with Crippen molar-refractivity contribution in [3.63, 3.8) is 0 Å². The Hall–Kier alpha value is 0.0600. The summed E-state index contributed by atoms with van der Waals surface area (Å²) in [5.41, 5.74) is -0.697. The van der Waals surface area contributed by atoms with Gasteiger partial charge in [-0.25, -0.2) is 0 Å². The van der Waals surface area contributed by atoms with Gasteiger partial charge in [0.1, 0.15) is 0 Å². The number of aliphatic hydroxyl groups is 1. The molecule has 0 atom stereocenters. The van der Waals surface area contributed by atoms with Gasteiger partial charge in [0.2, 0.25) is 0 Å². The number of thiophene rings is 1. The maximum Gasteiger partial charge on any atom is 0.168 e. The summed E-state index contributed by atoms with van der Waals surface area (Å²) in [7, 11) is 0. The Balaban J connectivity index is 1.75. The van der Waals surface area contributed by atoms with Crippen molar-refractivity contribution in [2.75, 3.05) is 13.2 Å². The third-order valence-electron chi connectivity index (χ3n) is 3.68. The summed E-state index contributed by atoms with van der Waals surface area (Å²) in [6.07, 6.45) is 2.97. The fraction of sp³-hybridized carbons (Fsp3) is 0.667. The lowest BCUT2D eigenvalue weighted by Crippen LogP contribution is -2.41. The second-order valence-corrected chi connectivity index (χ2v) is 7.21. The fourth-order valence-corrected chi connectivity index (χ4v) is 4.17. The zero-order chi connectivity index (χ0) is 11.9. The first-order chi connectivity index (χ1) is 8.12. The van der Waals surface area contributed by atoms with Crippen LogP contribution in [-0.2, 0) is 15.1 Å². The molecule has 1 saturated heterocycles. The van der Waals surface area contributed by atoms with Gasteiger partial charge in [0.25, 0.3) is 0 Å². The Kier molecular flexibility index (Phi) is 3.07. The lowest BCUT2D eigenvalue weighted by molar-refractivity contribution is -0.203. The SMILES string of the molecule is OC1(c2ccc(Br)s2)CCC2(CC1)OCCO2. The van der Waals surface area contributed by atoms with E-state index in [0.29, 0.717) is 26.1 Å². The van der Waals surface area contributed by atoms with Crippen LogP contribution < -0.4 is 0 Å². The van der Waals surface area contributed by atoms with E-state index in [0.717, 1.165) is 21.5 Å². The average Bonchev–Trinajstić information content (AvgIpc) is 2.94. The summed E-state index contributed by atoms with van der Waals surface area (Å²) in [4.78, 5) is 1.04. The van der Waals surface area contributed by atoms with E-state index < -0.39 is 11.4 Å². The lowest BCUT2D eigenvalue weighted by Gasteiger charge is -2.40. The van der Waals surface area contributed by atoms with Gasteiger partial charge in [0.05, 0.1) is 22.6 Å². The van der Waals surface area contributed by atoms with Crippen LogP contribution in [0.15, 0.2) is 15.9 Å². The van der Waals surface area contributed by atoms with Crippen LogP contribution in [0.3, 0.4) is 0 Å². The molecular formula is C12H15BrO3S. The van der Waals surface area contributed by atoms with Crippen LogP contribution in [0.4, 0.5) is 0 Å². The predicted molar refractivity (Wildman–Crippen MR) is 69.0 cm³/mol. The average molecular weight is 319 g/mol. The normalized spacial score (nSPS) is 26.5. The van der Waals surface area contributed by atoms with E-state index in [4.69, 9.17) is 9.47 Å². The van der Waals surface area contributed by atoms with E-state index in [1.165, 1.54) is 0 Å². The van der Waals surface area contributed by atoms with Crippen molar-refractivity contribution in [1.29, 1.82) is 0 Å². The molecule has 1 aliphatic carbocycles. The molecule has 94 valence electrons. The Morgan fingerprint density at radius 1 is 1.12 bits per heavy atom. The van der Waals surface area contributed by atoms with E-state index in [-0.39, 0.29) is 0 Å². The molecule has 1 spiro atoms. The molecule has 5 heteroatoms. The van der Waals surface area contributed by atoms with Crippen LogP contribution in [0.1, 0.15) is 30.6 Å². The molecule has 2 aliphatic rings. The quantitative estimate of drug-likeness (QED) is 0.865. The smallest absolute Gasteiger partial charge is 0.168 e. The van der Waals surface area contributed by atoms with E-state index in [1.807, 2.05) is 12.1 Å². The van der Waals surface area contributed by atoms with Gasteiger partial charge in [0.15, 0.2) is 5.79 Å². The topological polar surface area (TPSA) is 38.7 Å². The molecular weight excluding hydrogens is 304 g/mol. The summed E-state index contributed by atoms with van der Waals surface area (Å²) in [5, 5.41) is 10.7. The van der Waals surface area contributed by atoms with Gasteiger partial charge in [0, 0.05) is 17.7 Å². The van der Waals surface area contributed by atoms with E-state index in [1.54, 1.807) is 11.3 Å². The molecule has 1 N–H and O–H groups in total. The highest BCUT2D eigenvalue weighted by molar-refractivity contribution is 9.11.